The summed E-state index contributed by atoms with van der Waals surface area (Å²) < 4.78 is 14.3. The highest BCUT2D eigenvalue weighted by molar-refractivity contribution is 7.19. The van der Waals surface area contributed by atoms with Gasteiger partial charge in [-0.3, -0.25) is 9.88 Å². The van der Waals surface area contributed by atoms with Crippen LogP contribution in [-0.4, -0.2) is 44.1 Å². The molecule has 4 rings (SSSR count). The van der Waals surface area contributed by atoms with Gasteiger partial charge in [-0.1, -0.05) is 0 Å². The summed E-state index contributed by atoms with van der Waals surface area (Å²) >= 11 is 1.56. The summed E-state index contributed by atoms with van der Waals surface area (Å²) in [6, 6.07) is 3.24. The van der Waals surface area contributed by atoms with E-state index in [4.69, 9.17) is 5.73 Å². The van der Waals surface area contributed by atoms with E-state index in [1.165, 1.54) is 12.3 Å². The molecule has 1 fully saturated rings. The van der Waals surface area contributed by atoms with E-state index in [0.717, 1.165) is 15.1 Å². The van der Waals surface area contributed by atoms with Crippen LogP contribution in [0.1, 0.15) is 35.3 Å². The molecule has 142 valence electrons. The number of nitrogens with one attached hydrogen (secondary N) is 1. The van der Waals surface area contributed by atoms with Gasteiger partial charge < -0.3 is 16.2 Å². The summed E-state index contributed by atoms with van der Waals surface area (Å²) in [4.78, 5) is 16.0. The van der Waals surface area contributed by atoms with Gasteiger partial charge in [0.25, 0.3) is 0 Å². The number of hydrogen-bond acceptors (Lipinski definition) is 8. The largest absolute Gasteiger partial charge is 0.372 e. The minimum Gasteiger partial charge on any atom is -0.372 e. The van der Waals surface area contributed by atoms with Gasteiger partial charge in [-0.15, -0.1) is 11.3 Å². The monoisotopic (exact) mass is 388 g/mol. The fourth-order valence-electron chi connectivity index (χ4n) is 3.17. The zero-order chi connectivity index (χ0) is 19.1. The van der Waals surface area contributed by atoms with Gasteiger partial charge in [-0.25, -0.2) is 14.4 Å². The fourth-order valence-corrected chi connectivity index (χ4v) is 4.13. The van der Waals surface area contributed by atoms with E-state index in [1.54, 1.807) is 17.5 Å². The van der Waals surface area contributed by atoms with Crippen molar-refractivity contribution in [3.8, 4) is 0 Å². The number of halogens is 1. The fraction of sp³-hybridized carbons (Fsp3) is 0.389. The molecule has 2 atom stereocenters. The number of thiophene rings is 1. The maximum atomic E-state index is 13.4. The van der Waals surface area contributed by atoms with E-state index in [0.29, 0.717) is 30.3 Å². The van der Waals surface area contributed by atoms with E-state index >= 15 is 0 Å². The van der Waals surface area contributed by atoms with Crippen LogP contribution in [0.25, 0.3) is 10.2 Å². The molecule has 4 heterocycles. The van der Waals surface area contributed by atoms with Crippen LogP contribution in [0.2, 0.25) is 0 Å². The molecule has 0 aromatic carbocycles. The van der Waals surface area contributed by atoms with Crippen LogP contribution in [-0.2, 0) is 0 Å². The number of nitrogens with zero attached hydrogens (tertiary/aromatic N) is 4. The third-order valence-corrected chi connectivity index (χ3v) is 5.68. The molecule has 1 saturated heterocycles. The van der Waals surface area contributed by atoms with E-state index < -0.39 is 12.0 Å². The number of aromatic nitrogens is 3. The van der Waals surface area contributed by atoms with Crippen LogP contribution >= 0.6 is 11.3 Å². The van der Waals surface area contributed by atoms with Gasteiger partial charge in [0.1, 0.15) is 11.5 Å². The second kappa shape index (κ2) is 7.08. The SMILES string of the molecule is Cc1cc2nc(NC(C)c3cncc(F)c3)nc(C(O)N3CC(N)C3)c2s1. The standard InChI is InChI=1S/C18H21FN6OS/c1-9-3-14-16(27-9)15(17(26)25-7-13(20)8-25)24-18(23-14)22-10(2)11-4-12(19)6-21-5-11/h3-6,10,13,17,26H,7-8,20H2,1-2H3,(H,22,23,24). The Morgan fingerprint density at radius 1 is 1.33 bits per heavy atom. The van der Waals surface area contributed by atoms with Crippen LogP contribution in [0.15, 0.2) is 24.5 Å². The van der Waals surface area contributed by atoms with Gasteiger partial charge in [-0.05, 0) is 31.5 Å². The van der Waals surface area contributed by atoms with E-state index in [1.807, 2.05) is 24.8 Å². The van der Waals surface area contributed by atoms with Crippen molar-refractivity contribution in [2.24, 2.45) is 5.73 Å². The Balaban J connectivity index is 1.66. The topological polar surface area (TPSA) is 100 Å². The number of aliphatic hydroxyl groups is 1. The van der Waals surface area contributed by atoms with E-state index in [-0.39, 0.29) is 12.1 Å². The highest BCUT2D eigenvalue weighted by Gasteiger charge is 2.32. The number of pyridine rings is 1. The number of fused-ring (bicyclic) bond motifs is 1. The average molecular weight is 388 g/mol. The zero-order valence-electron chi connectivity index (χ0n) is 15.1. The van der Waals surface area contributed by atoms with Crippen LogP contribution in [0.5, 0.6) is 0 Å². The molecule has 3 aromatic heterocycles. The quantitative estimate of drug-likeness (QED) is 0.617. The molecule has 0 radical (unpaired) electrons. The molecule has 0 bridgehead atoms. The Kier molecular flexibility index (Phi) is 4.77. The smallest absolute Gasteiger partial charge is 0.224 e. The summed E-state index contributed by atoms with van der Waals surface area (Å²) in [5, 5.41) is 14.0. The van der Waals surface area contributed by atoms with Crippen molar-refractivity contribution >= 4 is 27.5 Å². The molecule has 0 amide bonds. The molecule has 1 aliphatic heterocycles. The summed E-state index contributed by atoms with van der Waals surface area (Å²) in [7, 11) is 0. The summed E-state index contributed by atoms with van der Waals surface area (Å²) in [6.45, 7) is 5.14. The lowest BCUT2D eigenvalue weighted by atomic mass is 10.1. The van der Waals surface area contributed by atoms with Gasteiger partial charge in [0.2, 0.25) is 5.95 Å². The normalized spacial score (nSPS) is 17.7. The molecule has 27 heavy (non-hydrogen) atoms. The summed E-state index contributed by atoms with van der Waals surface area (Å²) in [5.74, 6) is -0.00727. The first-order valence-electron chi connectivity index (χ1n) is 8.73. The molecule has 7 nitrogen and oxygen atoms in total. The molecule has 3 aromatic rings. The lowest BCUT2D eigenvalue weighted by Crippen LogP contribution is -2.56. The van der Waals surface area contributed by atoms with Crippen LogP contribution in [0.4, 0.5) is 10.3 Å². The number of aryl methyl sites for hydroxylation is 1. The zero-order valence-corrected chi connectivity index (χ0v) is 15.9. The molecule has 4 N–H and O–H groups in total. The molecular weight excluding hydrogens is 367 g/mol. The number of nitrogens with two attached hydrogens (primary N) is 1. The second-order valence-electron chi connectivity index (χ2n) is 6.89. The molecule has 0 aliphatic carbocycles. The van der Waals surface area contributed by atoms with Gasteiger partial charge in [0.15, 0.2) is 6.23 Å². The second-order valence-corrected chi connectivity index (χ2v) is 8.15. The molecular formula is C18H21FN6OS. The maximum Gasteiger partial charge on any atom is 0.224 e. The van der Waals surface area contributed by atoms with Gasteiger partial charge in [0, 0.05) is 30.2 Å². The Morgan fingerprint density at radius 3 is 2.81 bits per heavy atom. The number of hydrogen-bond donors (Lipinski definition) is 3. The first kappa shape index (κ1) is 18.2. The molecule has 9 heteroatoms. The average Bonchev–Trinajstić information content (AvgIpc) is 2.97. The van der Waals surface area contributed by atoms with Crippen molar-refractivity contribution in [3.63, 3.8) is 0 Å². The maximum absolute atomic E-state index is 13.4. The predicted octanol–water partition coefficient (Wildman–Crippen LogP) is 2.34. The van der Waals surface area contributed by atoms with Crippen LogP contribution in [0.3, 0.4) is 0 Å². The lowest BCUT2D eigenvalue weighted by Gasteiger charge is -2.39. The first-order chi connectivity index (χ1) is 12.9. The van der Waals surface area contributed by atoms with Crippen molar-refractivity contribution in [2.75, 3.05) is 18.4 Å². The predicted molar refractivity (Wildman–Crippen MR) is 103 cm³/mol. The van der Waals surface area contributed by atoms with Crippen molar-refractivity contribution in [3.05, 3.63) is 46.5 Å². The van der Waals surface area contributed by atoms with Crippen molar-refractivity contribution in [1.29, 1.82) is 0 Å². The van der Waals surface area contributed by atoms with Crippen LogP contribution < -0.4 is 11.1 Å². The summed E-state index contributed by atoms with van der Waals surface area (Å²) in [5.41, 5.74) is 7.88. The van der Waals surface area contributed by atoms with Crippen molar-refractivity contribution in [1.82, 2.24) is 19.9 Å². The Bertz CT molecular complexity index is 974. The van der Waals surface area contributed by atoms with Crippen LogP contribution in [0, 0.1) is 12.7 Å². The molecule has 0 spiro atoms. The Labute approximate surface area is 160 Å². The number of anilines is 1. The van der Waals surface area contributed by atoms with Crippen molar-refractivity contribution in [2.45, 2.75) is 32.2 Å². The number of likely N-dealkylation sites (tertiary alicyclic amines) is 1. The highest BCUT2D eigenvalue weighted by Crippen LogP contribution is 2.33. The molecule has 0 saturated carbocycles. The Morgan fingerprint density at radius 2 is 2.11 bits per heavy atom. The highest BCUT2D eigenvalue weighted by atomic mass is 32.1. The molecule has 1 aliphatic rings. The molecule has 2 unspecified atom stereocenters. The minimum absolute atomic E-state index is 0.0835. The first-order valence-corrected chi connectivity index (χ1v) is 9.55. The minimum atomic E-state index is -0.833. The third-order valence-electron chi connectivity index (χ3n) is 4.62. The van der Waals surface area contributed by atoms with E-state index in [2.05, 4.69) is 20.3 Å². The van der Waals surface area contributed by atoms with Crippen molar-refractivity contribution < 1.29 is 9.50 Å². The van der Waals surface area contributed by atoms with Gasteiger partial charge in [0.05, 0.1) is 22.5 Å². The third kappa shape index (κ3) is 3.63. The Hall–Kier alpha value is -2.20. The number of aliphatic hydroxyl groups excluding tert-OH is 1. The van der Waals surface area contributed by atoms with E-state index in [9.17, 15) is 9.50 Å². The lowest BCUT2D eigenvalue weighted by molar-refractivity contribution is -0.0480. The number of rotatable bonds is 5. The van der Waals surface area contributed by atoms with Gasteiger partial charge in [-0.2, -0.15) is 0 Å². The summed E-state index contributed by atoms with van der Waals surface area (Å²) in [6.07, 6.45) is 1.93. The van der Waals surface area contributed by atoms with Gasteiger partial charge >= 0.3 is 0 Å².